The van der Waals surface area contributed by atoms with Gasteiger partial charge in [-0.1, -0.05) is 30.0 Å². The molecule has 3 aromatic rings. The van der Waals surface area contributed by atoms with Gasteiger partial charge in [0.15, 0.2) is 5.16 Å². The lowest BCUT2D eigenvalue weighted by Crippen LogP contribution is -3.08. The summed E-state index contributed by atoms with van der Waals surface area (Å²) in [5, 5.41) is 4.50. The number of nitrogen functional groups attached to an aromatic ring is 1. The van der Waals surface area contributed by atoms with Crippen LogP contribution in [0.25, 0.3) is 10.2 Å². The molecule has 0 radical (unpaired) electrons. The average Bonchev–Trinajstić information content (AvgIpc) is 2.99. The summed E-state index contributed by atoms with van der Waals surface area (Å²) >= 11 is 3.02. The minimum absolute atomic E-state index is 0.0766. The number of fused-ring (bicyclic) bond motifs is 3. The summed E-state index contributed by atoms with van der Waals surface area (Å²) in [7, 11) is 2.21. The summed E-state index contributed by atoms with van der Waals surface area (Å²) in [5.74, 6) is 0.697. The van der Waals surface area contributed by atoms with Gasteiger partial charge in [0.2, 0.25) is 5.91 Å². The molecule has 1 aromatic carbocycles. The number of aromatic nitrogens is 2. The molecule has 1 aliphatic rings. The van der Waals surface area contributed by atoms with Crippen molar-refractivity contribution in [1.82, 2.24) is 9.97 Å². The number of thioether (sulfide) groups is 1. The Hall–Kier alpha value is -2.16. The minimum atomic E-state index is -0.0766. The lowest BCUT2D eigenvalue weighted by molar-refractivity contribution is -0.895. The SMILES string of the molecule is Cc1ccccc1NC(=O)CSc1nc(N)c2c3c(sc2n1)C[NH+](C)CC3. The van der Waals surface area contributed by atoms with Crippen molar-refractivity contribution in [3.63, 3.8) is 0 Å². The number of benzene rings is 1. The summed E-state index contributed by atoms with van der Waals surface area (Å²) < 4.78 is 0. The van der Waals surface area contributed by atoms with Crippen molar-refractivity contribution in [1.29, 1.82) is 0 Å². The number of amides is 1. The van der Waals surface area contributed by atoms with E-state index in [-0.39, 0.29) is 11.7 Å². The molecule has 4 N–H and O–H groups in total. The highest BCUT2D eigenvalue weighted by Crippen LogP contribution is 2.35. The number of hydrogen-bond donors (Lipinski definition) is 3. The molecule has 2 aromatic heterocycles. The number of para-hydroxylation sites is 1. The van der Waals surface area contributed by atoms with Gasteiger partial charge >= 0.3 is 0 Å². The van der Waals surface area contributed by atoms with Gasteiger partial charge in [-0.3, -0.25) is 4.79 Å². The van der Waals surface area contributed by atoms with Crippen LogP contribution in [0, 0.1) is 6.92 Å². The number of rotatable bonds is 4. The van der Waals surface area contributed by atoms with E-state index in [9.17, 15) is 4.79 Å². The molecule has 1 aliphatic heterocycles. The summed E-state index contributed by atoms with van der Waals surface area (Å²) in [6, 6.07) is 7.72. The second kappa shape index (κ2) is 7.46. The molecular weight excluding hydrogens is 378 g/mol. The third kappa shape index (κ3) is 3.78. The Morgan fingerprint density at radius 3 is 3.00 bits per heavy atom. The van der Waals surface area contributed by atoms with Crippen LogP contribution in [0.5, 0.6) is 0 Å². The fourth-order valence-electron chi connectivity index (χ4n) is 3.31. The Labute approximate surface area is 166 Å². The zero-order valence-electron chi connectivity index (χ0n) is 15.3. The number of hydrogen-bond acceptors (Lipinski definition) is 6. The number of aryl methyl sites for hydroxylation is 1. The molecule has 0 spiro atoms. The molecule has 0 aliphatic carbocycles. The molecule has 0 saturated carbocycles. The van der Waals surface area contributed by atoms with Crippen LogP contribution in [0.3, 0.4) is 0 Å². The number of quaternary nitrogens is 1. The third-order valence-corrected chi connectivity index (χ3v) is 6.73. The van der Waals surface area contributed by atoms with Crippen molar-refractivity contribution in [2.45, 2.75) is 25.0 Å². The summed E-state index contributed by atoms with van der Waals surface area (Å²) in [6.07, 6.45) is 1.01. The van der Waals surface area contributed by atoms with Crippen molar-refractivity contribution in [2.75, 3.05) is 30.4 Å². The van der Waals surface area contributed by atoms with E-state index in [1.807, 2.05) is 31.2 Å². The van der Waals surface area contributed by atoms with Gasteiger partial charge in [0.25, 0.3) is 0 Å². The zero-order chi connectivity index (χ0) is 19.0. The van der Waals surface area contributed by atoms with Crippen LogP contribution in [-0.2, 0) is 17.8 Å². The van der Waals surface area contributed by atoms with Crippen LogP contribution < -0.4 is 16.0 Å². The second-order valence-corrected chi connectivity index (χ2v) is 8.89. The van der Waals surface area contributed by atoms with E-state index in [1.165, 1.54) is 27.1 Å². The number of nitrogens with one attached hydrogen (secondary N) is 2. The fraction of sp³-hybridized carbons (Fsp3) is 0.316. The lowest BCUT2D eigenvalue weighted by atomic mass is 10.1. The monoisotopic (exact) mass is 400 g/mol. The van der Waals surface area contributed by atoms with Crippen molar-refractivity contribution < 1.29 is 9.69 Å². The maximum atomic E-state index is 12.3. The van der Waals surface area contributed by atoms with E-state index in [0.717, 1.165) is 41.0 Å². The number of carbonyl (C=O) groups excluding carboxylic acids is 1. The Morgan fingerprint density at radius 2 is 2.19 bits per heavy atom. The Morgan fingerprint density at radius 1 is 1.37 bits per heavy atom. The van der Waals surface area contributed by atoms with E-state index >= 15 is 0 Å². The molecule has 140 valence electrons. The summed E-state index contributed by atoms with van der Waals surface area (Å²) in [5.41, 5.74) is 9.42. The first-order valence-electron chi connectivity index (χ1n) is 8.88. The summed E-state index contributed by atoms with van der Waals surface area (Å²) in [4.78, 5) is 25.2. The highest BCUT2D eigenvalue weighted by atomic mass is 32.2. The van der Waals surface area contributed by atoms with Gasteiger partial charge in [-0.25, -0.2) is 9.97 Å². The lowest BCUT2D eigenvalue weighted by Gasteiger charge is -2.19. The molecule has 8 heteroatoms. The quantitative estimate of drug-likeness (QED) is 0.460. The van der Waals surface area contributed by atoms with Gasteiger partial charge in [0.05, 0.1) is 29.6 Å². The molecule has 27 heavy (non-hydrogen) atoms. The number of nitrogens with two attached hydrogens (primary N) is 1. The van der Waals surface area contributed by atoms with Crippen LogP contribution in [-0.4, -0.2) is 35.2 Å². The Balaban J connectivity index is 1.49. The van der Waals surface area contributed by atoms with Gasteiger partial charge in [-0.05, 0) is 24.1 Å². The van der Waals surface area contributed by atoms with Crippen molar-refractivity contribution >= 4 is 50.7 Å². The largest absolute Gasteiger partial charge is 0.383 e. The van der Waals surface area contributed by atoms with Gasteiger partial charge in [-0.2, -0.15) is 0 Å². The highest BCUT2D eigenvalue weighted by molar-refractivity contribution is 7.99. The zero-order valence-corrected chi connectivity index (χ0v) is 17.0. The number of thiophene rings is 1. The number of carbonyl (C=O) groups is 1. The predicted molar refractivity (Wildman–Crippen MR) is 112 cm³/mol. The molecule has 0 saturated heterocycles. The summed E-state index contributed by atoms with van der Waals surface area (Å²) in [6.45, 7) is 4.09. The van der Waals surface area contributed by atoms with Gasteiger partial charge in [0, 0.05) is 12.1 Å². The van der Waals surface area contributed by atoms with Gasteiger partial charge in [-0.15, -0.1) is 11.3 Å². The fourth-order valence-corrected chi connectivity index (χ4v) is 5.36. The first kappa shape index (κ1) is 18.2. The van der Waals surface area contributed by atoms with E-state index in [4.69, 9.17) is 5.73 Å². The van der Waals surface area contributed by atoms with Crippen molar-refractivity contribution in [3.8, 4) is 0 Å². The van der Waals surface area contributed by atoms with E-state index in [1.54, 1.807) is 11.3 Å². The molecule has 1 atom stereocenters. The van der Waals surface area contributed by atoms with Crippen LogP contribution in [0.1, 0.15) is 16.0 Å². The van der Waals surface area contributed by atoms with Crippen LogP contribution >= 0.6 is 23.1 Å². The van der Waals surface area contributed by atoms with Gasteiger partial charge in [0.1, 0.15) is 17.2 Å². The molecule has 0 fully saturated rings. The van der Waals surface area contributed by atoms with Crippen LogP contribution in [0.4, 0.5) is 11.5 Å². The van der Waals surface area contributed by atoms with Crippen LogP contribution in [0.2, 0.25) is 0 Å². The number of nitrogens with zero attached hydrogens (tertiary/aromatic N) is 2. The smallest absolute Gasteiger partial charge is 0.234 e. The Bertz CT molecular complexity index is 1020. The normalized spacial score (nSPS) is 16.3. The van der Waals surface area contributed by atoms with E-state index < -0.39 is 0 Å². The molecule has 1 amide bonds. The van der Waals surface area contributed by atoms with E-state index in [0.29, 0.717) is 11.0 Å². The maximum Gasteiger partial charge on any atom is 0.234 e. The second-order valence-electron chi connectivity index (χ2n) is 6.86. The molecule has 4 rings (SSSR count). The van der Waals surface area contributed by atoms with Gasteiger partial charge < -0.3 is 16.0 Å². The Kier molecular flexibility index (Phi) is 5.03. The predicted octanol–water partition coefficient (Wildman–Crippen LogP) is 1.88. The highest BCUT2D eigenvalue weighted by Gasteiger charge is 2.24. The molecular formula is C19H22N5OS2+. The van der Waals surface area contributed by atoms with E-state index in [2.05, 4.69) is 22.3 Å². The minimum Gasteiger partial charge on any atom is -0.383 e. The topological polar surface area (TPSA) is 85.3 Å². The first-order valence-corrected chi connectivity index (χ1v) is 10.7. The van der Waals surface area contributed by atoms with Crippen LogP contribution in [0.15, 0.2) is 29.4 Å². The molecule has 1 unspecified atom stereocenters. The molecule has 6 nitrogen and oxygen atoms in total. The third-order valence-electron chi connectivity index (χ3n) is 4.76. The first-order chi connectivity index (χ1) is 13.0. The average molecular weight is 401 g/mol. The number of anilines is 2. The maximum absolute atomic E-state index is 12.3. The molecule has 3 heterocycles. The molecule has 0 bridgehead atoms. The standard InChI is InChI=1S/C19H21N5OS2/c1-11-5-3-4-6-13(11)21-15(25)10-26-19-22-17(20)16-12-7-8-24(2)9-14(12)27-18(16)23-19/h3-6H,7-10H2,1-2H3,(H,21,25)(H2,20,22,23)/p+1. The number of likely N-dealkylation sites (N-methyl/N-ethyl adjacent to an activating group) is 1. The van der Waals surface area contributed by atoms with Crippen molar-refractivity contribution in [2.24, 2.45) is 0 Å². The van der Waals surface area contributed by atoms with Crippen molar-refractivity contribution in [3.05, 3.63) is 40.3 Å².